The monoisotopic (exact) mass is 388 g/mol. The number of rotatable bonds is 7. The van der Waals surface area contributed by atoms with E-state index in [0.717, 1.165) is 35.3 Å². The van der Waals surface area contributed by atoms with E-state index in [1.165, 1.54) is 11.8 Å². The maximum absolute atomic E-state index is 12.3. The third-order valence-corrected chi connectivity index (χ3v) is 5.49. The van der Waals surface area contributed by atoms with Gasteiger partial charge in [0, 0.05) is 12.0 Å². The van der Waals surface area contributed by atoms with E-state index in [4.69, 9.17) is 9.47 Å². The van der Waals surface area contributed by atoms with Crippen molar-refractivity contribution in [3.8, 4) is 11.5 Å². The number of benzene rings is 1. The van der Waals surface area contributed by atoms with Gasteiger partial charge in [0.25, 0.3) is 0 Å². The first-order chi connectivity index (χ1) is 13.1. The molecule has 1 unspecified atom stereocenters. The fourth-order valence-electron chi connectivity index (χ4n) is 3.03. The van der Waals surface area contributed by atoms with Crippen LogP contribution in [-0.4, -0.2) is 45.7 Å². The lowest BCUT2D eigenvalue weighted by molar-refractivity contribution is -0.119. The Kier molecular flexibility index (Phi) is 5.24. The molecule has 144 valence electrons. The number of hydrogen-bond acceptors (Lipinski definition) is 6. The lowest BCUT2D eigenvalue weighted by atomic mass is 10.2. The largest absolute Gasteiger partial charge is 0.486 e. The minimum absolute atomic E-state index is 0.0427. The lowest BCUT2D eigenvalue weighted by Crippen LogP contribution is -2.41. The van der Waals surface area contributed by atoms with E-state index in [1.54, 1.807) is 0 Å². The molecule has 27 heavy (non-hydrogen) atoms. The molecule has 2 aromatic rings. The van der Waals surface area contributed by atoms with Crippen LogP contribution in [0.25, 0.3) is 0 Å². The topological polar surface area (TPSA) is 78.3 Å². The molecule has 1 atom stereocenters. The Balaban J connectivity index is 1.27. The average molecular weight is 388 g/mol. The van der Waals surface area contributed by atoms with Crippen molar-refractivity contribution < 1.29 is 14.3 Å². The Morgan fingerprint density at radius 2 is 2.07 bits per heavy atom. The maximum atomic E-state index is 12.3. The van der Waals surface area contributed by atoms with Crippen molar-refractivity contribution >= 4 is 17.7 Å². The summed E-state index contributed by atoms with van der Waals surface area (Å²) in [6.07, 6.45) is 2.15. The number of fused-ring (bicyclic) bond motifs is 1. The summed E-state index contributed by atoms with van der Waals surface area (Å²) in [5, 5.41) is 12.4. The molecular weight excluding hydrogens is 364 g/mol. The van der Waals surface area contributed by atoms with Crippen LogP contribution >= 0.6 is 11.8 Å². The van der Waals surface area contributed by atoms with Gasteiger partial charge in [-0.2, -0.15) is 0 Å². The van der Waals surface area contributed by atoms with E-state index in [2.05, 4.69) is 33.9 Å². The fraction of sp³-hybridized carbons (Fsp3) is 0.526. The summed E-state index contributed by atoms with van der Waals surface area (Å²) in [5.74, 6) is 3.07. The van der Waals surface area contributed by atoms with Crippen LogP contribution in [0.15, 0.2) is 29.4 Å². The predicted octanol–water partition coefficient (Wildman–Crippen LogP) is 2.78. The summed E-state index contributed by atoms with van der Waals surface area (Å²) >= 11 is 1.44. The summed E-state index contributed by atoms with van der Waals surface area (Å²) in [4.78, 5) is 12.3. The van der Waals surface area contributed by atoms with Gasteiger partial charge >= 0.3 is 0 Å². The number of carbonyl (C=O) groups excluding carboxylic acids is 1. The number of hydrogen-bond donors (Lipinski definition) is 1. The van der Waals surface area contributed by atoms with Crippen molar-refractivity contribution in [3.63, 3.8) is 0 Å². The zero-order valence-corrected chi connectivity index (χ0v) is 16.4. The highest BCUT2D eigenvalue weighted by Gasteiger charge is 2.30. The molecule has 0 spiro atoms. The van der Waals surface area contributed by atoms with Crippen LogP contribution in [0.5, 0.6) is 11.5 Å². The molecule has 7 nitrogen and oxygen atoms in total. The minimum Gasteiger partial charge on any atom is -0.486 e. The smallest absolute Gasteiger partial charge is 0.230 e. The Morgan fingerprint density at radius 1 is 1.30 bits per heavy atom. The molecule has 0 bridgehead atoms. The van der Waals surface area contributed by atoms with Crippen LogP contribution in [0.3, 0.4) is 0 Å². The van der Waals surface area contributed by atoms with Gasteiger partial charge in [0.05, 0.1) is 12.3 Å². The molecule has 8 heteroatoms. The highest BCUT2D eigenvalue weighted by atomic mass is 32.2. The number of para-hydroxylation sites is 2. The standard InChI is InChI=1S/C19H24N4O3S/c1-12(2)18-21-22-19(23(18)13-7-8-13)27-11-17(24)20-9-14-10-25-15-5-3-4-6-16(15)26-14/h3-6,12-14H,7-11H2,1-2H3,(H,20,24). The number of nitrogens with one attached hydrogen (secondary N) is 1. The van der Waals surface area contributed by atoms with Crippen molar-refractivity contribution in [2.45, 2.75) is 49.9 Å². The SMILES string of the molecule is CC(C)c1nnc(SCC(=O)NCC2COc3ccccc3O2)n1C1CC1. The van der Waals surface area contributed by atoms with Gasteiger partial charge in [0.15, 0.2) is 16.7 Å². The molecule has 2 aliphatic rings. The Bertz CT molecular complexity index is 819. The molecule has 1 amide bonds. The van der Waals surface area contributed by atoms with Crippen molar-refractivity contribution in [1.29, 1.82) is 0 Å². The van der Waals surface area contributed by atoms with Crippen molar-refractivity contribution in [3.05, 3.63) is 30.1 Å². The van der Waals surface area contributed by atoms with Crippen molar-refractivity contribution in [2.75, 3.05) is 18.9 Å². The first-order valence-electron chi connectivity index (χ1n) is 9.34. The molecule has 1 aromatic heterocycles. The van der Waals surface area contributed by atoms with Crippen molar-refractivity contribution in [2.24, 2.45) is 0 Å². The number of carbonyl (C=O) groups is 1. The second-order valence-electron chi connectivity index (χ2n) is 7.19. The van der Waals surface area contributed by atoms with Gasteiger partial charge in [-0.25, -0.2) is 0 Å². The van der Waals surface area contributed by atoms with Gasteiger partial charge in [-0.1, -0.05) is 37.7 Å². The zero-order valence-electron chi connectivity index (χ0n) is 15.6. The second-order valence-corrected chi connectivity index (χ2v) is 8.13. The van der Waals surface area contributed by atoms with E-state index >= 15 is 0 Å². The summed E-state index contributed by atoms with van der Waals surface area (Å²) < 4.78 is 13.7. The van der Waals surface area contributed by atoms with Crippen molar-refractivity contribution in [1.82, 2.24) is 20.1 Å². The first kappa shape index (κ1) is 18.2. The van der Waals surface area contributed by atoms with Gasteiger partial charge in [0.1, 0.15) is 18.5 Å². The molecule has 1 aromatic carbocycles. The van der Waals surface area contributed by atoms with Crippen LogP contribution in [0.4, 0.5) is 0 Å². The first-order valence-corrected chi connectivity index (χ1v) is 10.3. The van der Waals surface area contributed by atoms with E-state index in [1.807, 2.05) is 24.3 Å². The molecule has 2 heterocycles. The van der Waals surface area contributed by atoms with Crippen LogP contribution in [-0.2, 0) is 4.79 Å². The number of ether oxygens (including phenoxy) is 2. The normalized spacial score (nSPS) is 18.6. The van der Waals surface area contributed by atoms with Gasteiger partial charge in [-0.05, 0) is 25.0 Å². The third-order valence-electron chi connectivity index (χ3n) is 4.55. The second kappa shape index (κ2) is 7.80. The van der Waals surface area contributed by atoms with E-state index in [0.29, 0.717) is 30.9 Å². The van der Waals surface area contributed by atoms with Crippen LogP contribution < -0.4 is 14.8 Å². The zero-order chi connectivity index (χ0) is 18.8. The Hall–Kier alpha value is -2.22. The maximum Gasteiger partial charge on any atom is 0.230 e. The Morgan fingerprint density at radius 3 is 2.81 bits per heavy atom. The summed E-state index contributed by atoms with van der Waals surface area (Å²) in [6.45, 7) is 5.08. The van der Waals surface area contributed by atoms with Gasteiger partial charge < -0.3 is 19.4 Å². The predicted molar refractivity (Wildman–Crippen MR) is 102 cm³/mol. The van der Waals surface area contributed by atoms with Gasteiger partial charge in [-0.3, -0.25) is 4.79 Å². The summed E-state index contributed by atoms with van der Waals surface area (Å²) in [5.41, 5.74) is 0. The van der Waals surface area contributed by atoms with E-state index < -0.39 is 0 Å². The number of aromatic nitrogens is 3. The molecule has 4 rings (SSSR count). The molecule has 1 N–H and O–H groups in total. The number of thioether (sulfide) groups is 1. The average Bonchev–Trinajstić information content (AvgIpc) is 3.43. The van der Waals surface area contributed by atoms with Crippen LogP contribution in [0.1, 0.15) is 44.5 Å². The fourth-order valence-corrected chi connectivity index (χ4v) is 3.87. The molecule has 0 radical (unpaired) electrons. The van der Waals surface area contributed by atoms with E-state index in [9.17, 15) is 4.79 Å². The summed E-state index contributed by atoms with van der Waals surface area (Å²) in [6, 6.07) is 8.06. The van der Waals surface area contributed by atoms with Gasteiger partial charge in [0.2, 0.25) is 5.91 Å². The molecular formula is C19H24N4O3S. The lowest BCUT2D eigenvalue weighted by Gasteiger charge is -2.26. The van der Waals surface area contributed by atoms with E-state index in [-0.39, 0.29) is 12.0 Å². The molecule has 1 fully saturated rings. The van der Waals surface area contributed by atoms with Crippen LogP contribution in [0.2, 0.25) is 0 Å². The Labute approximate surface area is 162 Å². The third kappa shape index (κ3) is 4.21. The minimum atomic E-state index is -0.184. The molecule has 1 aliphatic heterocycles. The highest BCUT2D eigenvalue weighted by molar-refractivity contribution is 7.99. The highest BCUT2D eigenvalue weighted by Crippen LogP contribution is 2.40. The molecule has 1 aliphatic carbocycles. The quantitative estimate of drug-likeness (QED) is 0.735. The molecule has 1 saturated carbocycles. The van der Waals surface area contributed by atoms with Gasteiger partial charge in [-0.15, -0.1) is 10.2 Å². The molecule has 0 saturated heterocycles. The number of nitrogens with zero attached hydrogens (tertiary/aromatic N) is 3. The summed E-state index contributed by atoms with van der Waals surface area (Å²) in [7, 11) is 0. The van der Waals surface area contributed by atoms with Crippen LogP contribution in [0, 0.1) is 0 Å². The number of amides is 1.